The summed E-state index contributed by atoms with van der Waals surface area (Å²) in [7, 11) is 0. The molecule has 0 aliphatic carbocycles. The van der Waals surface area contributed by atoms with Crippen molar-refractivity contribution in [3.63, 3.8) is 0 Å². The SMILES string of the molecule is CCOC(=O)CCCn1cc(C(=O)CCC(C)C)c2ccccc21. The van der Waals surface area contributed by atoms with Gasteiger partial charge in [-0.1, -0.05) is 32.0 Å². The highest BCUT2D eigenvalue weighted by molar-refractivity contribution is 6.08. The number of hydrogen-bond donors (Lipinski definition) is 0. The van der Waals surface area contributed by atoms with Gasteiger partial charge in [0.1, 0.15) is 0 Å². The topological polar surface area (TPSA) is 48.3 Å². The van der Waals surface area contributed by atoms with Gasteiger partial charge in [0, 0.05) is 42.0 Å². The molecule has 0 radical (unpaired) electrons. The highest BCUT2D eigenvalue weighted by atomic mass is 16.5. The van der Waals surface area contributed by atoms with E-state index in [4.69, 9.17) is 4.74 Å². The predicted octanol–water partition coefficient (Wildman–Crippen LogP) is 4.60. The van der Waals surface area contributed by atoms with Crippen LogP contribution in [0.2, 0.25) is 0 Å². The average molecular weight is 329 g/mol. The van der Waals surface area contributed by atoms with Crippen LogP contribution in [0.3, 0.4) is 0 Å². The molecular formula is C20H27NO3. The molecule has 0 N–H and O–H groups in total. The van der Waals surface area contributed by atoms with Crippen molar-refractivity contribution in [3.05, 3.63) is 36.0 Å². The maximum atomic E-state index is 12.6. The van der Waals surface area contributed by atoms with Gasteiger partial charge in [-0.15, -0.1) is 0 Å². The number of ketones is 1. The smallest absolute Gasteiger partial charge is 0.305 e. The first-order chi connectivity index (χ1) is 11.5. The van der Waals surface area contributed by atoms with Crippen LogP contribution >= 0.6 is 0 Å². The fraction of sp³-hybridized carbons (Fsp3) is 0.500. The normalized spacial score (nSPS) is 11.2. The standard InChI is InChI=1S/C20H27NO3/c1-4-24-20(23)10-7-13-21-14-17(19(22)12-11-15(2)3)16-8-5-6-9-18(16)21/h5-6,8-9,14-15H,4,7,10-13H2,1-3H3. The quantitative estimate of drug-likeness (QED) is 0.499. The number of hydrogen-bond acceptors (Lipinski definition) is 3. The summed E-state index contributed by atoms with van der Waals surface area (Å²) in [5.41, 5.74) is 1.84. The number of aromatic nitrogens is 1. The lowest BCUT2D eigenvalue weighted by Gasteiger charge is -2.05. The van der Waals surface area contributed by atoms with Gasteiger partial charge in [-0.05, 0) is 31.7 Å². The summed E-state index contributed by atoms with van der Waals surface area (Å²) < 4.78 is 7.04. The van der Waals surface area contributed by atoms with Crippen LogP contribution in [0.1, 0.15) is 56.8 Å². The minimum absolute atomic E-state index is 0.165. The van der Waals surface area contributed by atoms with Gasteiger partial charge in [0.15, 0.2) is 5.78 Å². The molecule has 0 aliphatic heterocycles. The molecule has 2 aromatic rings. The van der Waals surface area contributed by atoms with E-state index in [1.54, 1.807) is 0 Å². The van der Waals surface area contributed by atoms with Gasteiger partial charge >= 0.3 is 5.97 Å². The monoisotopic (exact) mass is 329 g/mol. The molecule has 0 spiro atoms. The number of fused-ring (bicyclic) bond motifs is 1. The lowest BCUT2D eigenvalue weighted by Crippen LogP contribution is -2.06. The summed E-state index contributed by atoms with van der Waals surface area (Å²) in [6.07, 6.45) is 4.53. The van der Waals surface area contributed by atoms with E-state index in [9.17, 15) is 9.59 Å². The molecular weight excluding hydrogens is 302 g/mol. The van der Waals surface area contributed by atoms with E-state index >= 15 is 0 Å². The number of ether oxygens (including phenoxy) is 1. The number of esters is 1. The number of carbonyl (C=O) groups is 2. The molecule has 130 valence electrons. The molecule has 1 heterocycles. The van der Waals surface area contributed by atoms with E-state index in [0.29, 0.717) is 38.3 Å². The van der Waals surface area contributed by atoms with Crippen LogP contribution < -0.4 is 0 Å². The zero-order chi connectivity index (χ0) is 17.5. The van der Waals surface area contributed by atoms with Crippen molar-refractivity contribution in [3.8, 4) is 0 Å². The molecule has 4 heteroatoms. The Hall–Kier alpha value is -2.10. The fourth-order valence-corrected chi connectivity index (χ4v) is 2.84. The van der Waals surface area contributed by atoms with E-state index < -0.39 is 0 Å². The molecule has 24 heavy (non-hydrogen) atoms. The van der Waals surface area contributed by atoms with Crippen LogP contribution in [0, 0.1) is 5.92 Å². The Kier molecular flexibility index (Phi) is 6.59. The Morgan fingerprint density at radius 3 is 2.62 bits per heavy atom. The van der Waals surface area contributed by atoms with Gasteiger partial charge in [-0.25, -0.2) is 0 Å². The largest absolute Gasteiger partial charge is 0.466 e. The van der Waals surface area contributed by atoms with Gasteiger partial charge in [-0.2, -0.15) is 0 Å². The van der Waals surface area contributed by atoms with Gasteiger partial charge in [0.25, 0.3) is 0 Å². The van der Waals surface area contributed by atoms with E-state index in [1.165, 1.54) is 0 Å². The average Bonchev–Trinajstić information content (AvgIpc) is 2.92. The predicted molar refractivity (Wildman–Crippen MR) is 96.2 cm³/mol. The Balaban J connectivity index is 2.13. The van der Waals surface area contributed by atoms with Crippen molar-refractivity contribution in [2.24, 2.45) is 5.92 Å². The molecule has 0 aliphatic rings. The van der Waals surface area contributed by atoms with Crippen LogP contribution in [-0.2, 0) is 16.1 Å². The van der Waals surface area contributed by atoms with E-state index in [2.05, 4.69) is 18.4 Å². The molecule has 0 amide bonds. The summed E-state index contributed by atoms with van der Waals surface area (Å²) >= 11 is 0. The molecule has 0 saturated heterocycles. The van der Waals surface area contributed by atoms with Crippen molar-refractivity contribution in [1.82, 2.24) is 4.57 Å². The second-order valence-corrected chi connectivity index (χ2v) is 6.52. The van der Waals surface area contributed by atoms with Gasteiger partial charge in [0.05, 0.1) is 6.61 Å². The Labute approximate surface area is 143 Å². The van der Waals surface area contributed by atoms with Crippen LogP contribution in [0.5, 0.6) is 0 Å². The number of para-hydroxylation sites is 1. The Morgan fingerprint density at radius 1 is 1.17 bits per heavy atom. The van der Waals surface area contributed by atoms with Crippen molar-refractivity contribution in [1.29, 1.82) is 0 Å². The highest BCUT2D eigenvalue weighted by Gasteiger charge is 2.15. The first-order valence-corrected chi connectivity index (χ1v) is 8.79. The fourth-order valence-electron chi connectivity index (χ4n) is 2.84. The molecule has 2 rings (SSSR count). The number of rotatable bonds is 9. The zero-order valence-electron chi connectivity index (χ0n) is 14.9. The minimum atomic E-state index is -0.165. The van der Waals surface area contributed by atoms with Crippen LogP contribution in [0.25, 0.3) is 10.9 Å². The maximum absolute atomic E-state index is 12.6. The molecule has 0 unspecified atom stereocenters. The third-order valence-corrected chi connectivity index (χ3v) is 4.12. The number of aryl methyl sites for hydroxylation is 1. The Morgan fingerprint density at radius 2 is 1.92 bits per heavy atom. The highest BCUT2D eigenvalue weighted by Crippen LogP contribution is 2.24. The molecule has 0 saturated carbocycles. The maximum Gasteiger partial charge on any atom is 0.305 e. The van der Waals surface area contributed by atoms with Gasteiger partial charge < -0.3 is 9.30 Å². The number of Topliss-reactive ketones (excluding diaryl/α,β-unsaturated/α-hetero) is 1. The summed E-state index contributed by atoms with van der Waals surface area (Å²) in [5.74, 6) is 0.554. The molecule has 0 bridgehead atoms. The Bertz CT molecular complexity index is 700. The number of benzene rings is 1. The van der Waals surface area contributed by atoms with Crippen LogP contribution in [0.15, 0.2) is 30.5 Å². The third kappa shape index (κ3) is 4.70. The molecule has 0 atom stereocenters. The van der Waals surface area contributed by atoms with E-state index in [0.717, 1.165) is 22.9 Å². The second kappa shape index (κ2) is 8.67. The zero-order valence-corrected chi connectivity index (χ0v) is 14.9. The third-order valence-electron chi connectivity index (χ3n) is 4.12. The second-order valence-electron chi connectivity index (χ2n) is 6.52. The first kappa shape index (κ1) is 18.2. The molecule has 1 aromatic carbocycles. The summed E-state index contributed by atoms with van der Waals surface area (Å²) in [6, 6.07) is 7.97. The molecule has 0 fully saturated rings. The summed E-state index contributed by atoms with van der Waals surface area (Å²) in [6.45, 7) is 7.20. The van der Waals surface area contributed by atoms with E-state index in [-0.39, 0.29) is 11.8 Å². The van der Waals surface area contributed by atoms with E-state index in [1.807, 2.05) is 37.4 Å². The van der Waals surface area contributed by atoms with Crippen molar-refractivity contribution in [2.75, 3.05) is 6.61 Å². The van der Waals surface area contributed by atoms with Gasteiger partial charge in [-0.3, -0.25) is 9.59 Å². The van der Waals surface area contributed by atoms with Crippen LogP contribution in [-0.4, -0.2) is 22.9 Å². The van der Waals surface area contributed by atoms with Crippen LogP contribution in [0.4, 0.5) is 0 Å². The summed E-state index contributed by atoms with van der Waals surface area (Å²) in [5, 5.41) is 1.00. The summed E-state index contributed by atoms with van der Waals surface area (Å²) in [4.78, 5) is 24.0. The lowest BCUT2D eigenvalue weighted by molar-refractivity contribution is -0.143. The van der Waals surface area contributed by atoms with Crippen molar-refractivity contribution in [2.45, 2.75) is 53.0 Å². The minimum Gasteiger partial charge on any atom is -0.466 e. The molecule has 1 aromatic heterocycles. The lowest BCUT2D eigenvalue weighted by atomic mass is 10.0. The van der Waals surface area contributed by atoms with Gasteiger partial charge in [0.2, 0.25) is 0 Å². The molecule has 4 nitrogen and oxygen atoms in total. The number of nitrogens with zero attached hydrogens (tertiary/aromatic N) is 1. The number of carbonyl (C=O) groups excluding carboxylic acids is 2. The first-order valence-electron chi connectivity index (χ1n) is 8.79. The van der Waals surface area contributed by atoms with Crippen molar-refractivity contribution >= 4 is 22.7 Å². The van der Waals surface area contributed by atoms with Crippen molar-refractivity contribution < 1.29 is 14.3 Å².